The Morgan fingerprint density at radius 2 is 2.57 bits per heavy atom. The number of halogens is 1. The van der Waals surface area contributed by atoms with Gasteiger partial charge in [-0.15, -0.1) is 11.3 Å². The summed E-state index contributed by atoms with van der Waals surface area (Å²) in [5.41, 5.74) is 1.20. The summed E-state index contributed by atoms with van der Waals surface area (Å²) in [4.78, 5) is 0. The fourth-order valence-corrected chi connectivity index (χ4v) is 2.52. The van der Waals surface area contributed by atoms with Crippen LogP contribution in [0.25, 0.3) is 0 Å². The summed E-state index contributed by atoms with van der Waals surface area (Å²) >= 11 is 7.44. The summed E-state index contributed by atoms with van der Waals surface area (Å²) in [5, 5.41) is 5.53. The van der Waals surface area contributed by atoms with E-state index >= 15 is 0 Å². The highest BCUT2D eigenvalue weighted by Crippen LogP contribution is 2.28. The van der Waals surface area contributed by atoms with E-state index in [1.165, 1.54) is 5.56 Å². The van der Waals surface area contributed by atoms with Crippen LogP contribution >= 0.6 is 22.9 Å². The maximum atomic E-state index is 5.88. The van der Waals surface area contributed by atoms with Crippen LogP contribution in [0.5, 0.6) is 0 Å². The average Bonchev–Trinajstić information content (AvgIpc) is 2.65. The van der Waals surface area contributed by atoms with E-state index in [2.05, 4.69) is 17.6 Å². The van der Waals surface area contributed by atoms with Gasteiger partial charge in [0.25, 0.3) is 0 Å². The SMILES string of the molecule is CCC1COC(c2csc(Cl)c2)CN1. The first-order chi connectivity index (χ1) is 6.79. The Morgan fingerprint density at radius 3 is 3.07 bits per heavy atom. The Hall–Kier alpha value is -0.0900. The minimum absolute atomic E-state index is 0.182. The normalized spacial score (nSPS) is 27.9. The second-order valence-corrected chi connectivity index (χ2v) is 5.06. The van der Waals surface area contributed by atoms with Crippen LogP contribution in [0.2, 0.25) is 4.34 Å². The van der Waals surface area contributed by atoms with Crippen molar-refractivity contribution >= 4 is 22.9 Å². The Bertz CT molecular complexity index is 294. The van der Waals surface area contributed by atoms with E-state index in [0.717, 1.165) is 23.9 Å². The number of ether oxygens (including phenoxy) is 1. The van der Waals surface area contributed by atoms with Crippen molar-refractivity contribution in [2.45, 2.75) is 25.5 Å². The first-order valence-electron chi connectivity index (χ1n) is 4.88. The zero-order valence-electron chi connectivity index (χ0n) is 8.13. The van der Waals surface area contributed by atoms with Crippen LogP contribution in [0.3, 0.4) is 0 Å². The van der Waals surface area contributed by atoms with Crippen molar-refractivity contribution < 1.29 is 4.74 Å². The third-order valence-electron chi connectivity index (χ3n) is 2.54. The largest absolute Gasteiger partial charge is 0.371 e. The molecule has 0 bridgehead atoms. The number of nitrogens with one attached hydrogen (secondary N) is 1. The van der Waals surface area contributed by atoms with E-state index in [1.807, 2.05) is 6.07 Å². The van der Waals surface area contributed by atoms with Crippen molar-refractivity contribution in [1.82, 2.24) is 5.32 Å². The van der Waals surface area contributed by atoms with E-state index in [0.29, 0.717) is 6.04 Å². The monoisotopic (exact) mass is 231 g/mol. The zero-order valence-corrected chi connectivity index (χ0v) is 9.70. The standard InChI is InChI=1S/C10H14ClNOS/c1-2-8-5-13-9(4-12-8)7-3-10(11)14-6-7/h3,6,8-9,12H,2,4-5H2,1H3. The van der Waals surface area contributed by atoms with E-state index < -0.39 is 0 Å². The first-order valence-corrected chi connectivity index (χ1v) is 6.14. The quantitative estimate of drug-likeness (QED) is 0.845. The van der Waals surface area contributed by atoms with Gasteiger partial charge in [0.05, 0.1) is 17.0 Å². The molecule has 2 heterocycles. The van der Waals surface area contributed by atoms with Gasteiger partial charge in [-0.05, 0) is 23.4 Å². The van der Waals surface area contributed by atoms with Crippen molar-refractivity contribution in [3.63, 3.8) is 0 Å². The van der Waals surface area contributed by atoms with Gasteiger partial charge in [0.2, 0.25) is 0 Å². The number of hydrogen-bond donors (Lipinski definition) is 1. The Morgan fingerprint density at radius 1 is 1.71 bits per heavy atom. The van der Waals surface area contributed by atoms with Crippen LogP contribution < -0.4 is 5.32 Å². The van der Waals surface area contributed by atoms with Gasteiger partial charge in [-0.3, -0.25) is 0 Å². The summed E-state index contributed by atoms with van der Waals surface area (Å²) in [6, 6.07) is 2.51. The fraction of sp³-hybridized carbons (Fsp3) is 0.600. The first kappa shape index (κ1) is 10.4. The minimum atomic E-state index is 0.182. The molecule has 2 nitrogen and oxygen atoms in total. The minimum Gasteiger partial charge on any atom is -0.371 e. The molecular formula is C10H14ClNOS. The topological polar surface area (TPSA) is 21.3 Å². The molecule has 0 spiro atoms. The molecule has 0 aromatic carbocycles. The van der Waals surface area contributed by atoms with Crippen LogP contribution in [-0.2, 0) is 4.74 Å². The molecule has 1 aromatic heterocycles. The van der Waals surface area contributed by atoms with Crippen molar-refractivity contribution in [2.24, 2.45) is 0 Å². The molecule has 1 aromatic rings. The third-order valence-corrected chi connectivity index (χ3v) is 3.65. The number of thiophene rings is 1. The molecule has 2 atom stereocenters. The van der Waals surface area contributed by atoms with Crippen LogP contribution in [0.15, 0.2) is 11.4 Å². The molecule has 78 valence electrons. The molecule has 1 aliphatic heterocycles. The lowest BCUT2D eigenvalue weighted by atomic mass is 10.1. The number of morpholine rings is 1. The maximum Gasteiger partial charge on any atom is 0.0958 e. The van der Waals surface area contributed by atoms with Gasteiger partial charge in [0, 0.05) is 12.6 Å². The van der Waals surface area contributed by atoms with Crippen molar-refractivity contribution in [1.29, 1.82) is 0 Å². The van der Waals surface area contributed by atoms with Gasteiger partial charge < -0.3 is 10.1 Å². The van der Waals surface area contributed by atoms with E-state index in [4.69, 9.17) is 16.3 Å². The highest BCUT2D eigenvalue weighted by atomic mass is 35.5. The predicted octanol–water partition coefficient (Wildman–Crippen LogP) is 2.84. The van der Waals surface area contributed by atoms with E-state index in [9.17, 15) is 0 Å². The van der Waals surface area contributed by atoms with Gasteiger partial charge in [-0.1, -0.05) is 18.5 Å². The molecule has 0 saturated carbocycles. The molecule has 1 saturated heterocycles. The van der Waals surface area contributed by atoms with Crippen LogP contribution in [0.1, 0.15) is 25.0 Å². The molecule has 2 unspecified atom stereocenters. The fourth-order valence-electron chi connectivity index (χ4n) is 1.59. The van der Waals surface area contributed by atoms with Gasteiger partial charge in [-0.2, -0.15) is 0 Å². The Kier molecular flexibility index (Phi) is 3.44. The smallest absolute Gasteiger partial charge is 0.0958 e. The summed E-state index contributed by atoms with van der Waals surface area (Å²) in [7, 11) is 0. The second kappa shape index (κ2) is 4.62. The summed E-state index contributed by atoms with van der Waals surface area (Å²) < 4.78 is 6.60. The lowest BCUT2D eigenvalue weighted by molar-refractivity contribution is 0.00246. The molecule has 0 amide bonds. The van der Waals surface area contributed by atoms with Gasteiger partial charge >= 0.3 is 0 Å². The zero-order chi connectivity index (χ0) is 9.97. The van der Waals surface area contributed by atoms with Crippen LogP contribution in [0, 0.1) is 0 Å². The molecule has 0 radical (unpaired) electrons. The lowest BCUT2D eigenvalue weighted by Gasteiger charge is -2.29. The van der Waals surface area contributed by atoms with E-state index in [-0.39, 0.29) is 6.10 Å². The highest BCUT2D eigenvalue weighted by molar-refractivity contribution is 7.14. The molecule has 0 aliphatic carbocycles. The third kappa shape index (κ3) is 2.28. The predicted molar refractivity (Wildman–Crippen MR) is 60.1 cm³/mol. The van der Waals surface area contributed by atoms with Gasteiger partial charge in [0.15, 0.2) is 0 Å². The number of hydrogen-bond acceptors (Lipinski definition) is 3. The highest BCUT2D eigenvalue weighted by Gasteiger charge is 2.21. The lowest BCUT2D eigenvalue weighted by Crippen LogP contribution is -2.42. The summed E-state index contributed by atoms with van der Waals surface area (Å²) in [6.07, 6.45) is 1.30. The maximum absolute atomic E-state index is 5.88. The van der Waals surface area contributed by atoms with Crippen LogP contribution in [-0.4, -0.2) is 19.2 Å². The Labute approximate surface area is 93.2 Å². The number of rotatable bonds is 2. The Balaban J connectivity index is 1.95. The summed E-state index contributed by atoms with van der Waals surface area (Å²) in [5.74, 6) is 0. The molecule has 1 N–H and O–H groups in total. The van der Waals surface area contributed by atoms with Crippen LogP contribution in [0.4, 0.5) is 0 Å². The molecule has 4 heteroatoms. The second-order valence-electron chi connectivity index (χ2n) is 3.52. The molecule has 14 heavy (non-hydrogen) atoms. The molecule has 2 rings (SSSR count). The van der Waals surface area contributed by atoms with Crippen molar-refractivity contribution in [3.05, 3.63) is 21.3 Å². The van der Waals surface area contributed by atoms with E-state index in [1.54, 1.807) is 11.3 Å². The van der Waals surface area contributed by atoms with Gasteiger partial charge in [0.1, 0.15) is 0 Å². The molecule has 1 fully saturated rings. The van der Waals surface area contributed by atoms with Crippen molar-refractivity contribution in [3.8, 4) is 0 Å². The molecule has 1 aliphatic rings. The average molecular weight is 232 g/mol. The van der Waals surface area contributed by atoms with Crippen molar-refractivity contribution in [2.75, 3.05) is 13.2 Å². The summed E-state index contributed by atoms with van der Waals surface area (Å²) in [6.45, 7) is 3.86. The van der Waals surface area contributed by atoms with Gasteiger partial charge in [-0.25, -0.2) is 0 Å². The molecular weight excluding hydrogens is 218 g/mol.